The number of fused-ring (bicyclic) bond motifs is 3. The Morgan fingerprint density at radius 1 is 1.12 bits per heavy atom. The van der Waals surface area contributed by atoms with Crippen molar-refractivity contribution >= 4 is 11.6 Å². The van der Waals surface area contributed by atoms with E-state index in [1.165, 1.54) is 0 Å². The minimum absolute atomic E-state index is 0.0430. The molecule has 4 aliphatic carbocycles. The number of aliphatic hydroxyl groups is 2. The largest absolute Gasteiger partial charge is 0.392 e. The molecule has 4 aliphatic rings. The van der Waals surface area contributed by atoms with E-state index in [1.807, 2.05) is 19.9 Å². The summed E-state index contributed by atoms with van der Waals surface area (Å²) < 4.78 is 0. The zero-order valence-corrected chi connectivity index (χ0v) is 14.6. The second-order valence-electron chi connectivity index (χ2n) is 9.06. The van der Waals surface area contributed by atoms with Crippen LogP contribution in [0.4, 0.5) is 0 Å². The Morgan fingerprint density at radius 3 is 2.46 bits per heavy atom. The van der Waals surface area contributed by atoms with Crippen LogP contribution < -0.4 is 0 Å². The van der Waals surface area contributed by atoms with Crippen molar-refractivity contribution in [2.75, 3.05) is 0 Å². The summed E-state index contributed by atoms with van der Waals surface area (Å²) >= 11 is 0. The van der Waals surface area contributed by atoms with Gasteiger partial charge in [-0.15, -0.1) is 0 Å². The van der Waals surface area contributed by atoms with Crippen molar-refractivity contribution < 1.29 is 19.8 Å². The molecule has 3 saturated carbocycles. The monoisotopic (exact) mass is 330 g/mol. The molecule has 7 unspecified atom stereocenters. The molecule has 4 nitrogen and oxygen atoms in total. The predicted octanol–water partition coefficient (Wildman–Crippen LogP) is 2.05. The number of hydrogen-bond acceptors (Lipinski definition) is 4. The third-order valence-corrected chi connectivity index (χ3v) is 7.96. The lowest BCUT2D eigenvalue weighted by molar-refractivity contribution is -0.205. The summed E-state index contributed by atoms with van der Waals surface area (Å²) in [6.45, 7) is 9.89. The minimum Gasteiger partial charge on any atom is -0.392 e. The molecule has 4 heteroatoms. The van der Waals surface area contributed by atoms with Crippen LogP contribution in [0.5, 0.6) is 0 Å². The minimum atomic E-state index is -1.15. The van der Waals surface area contributed by atoms with E-state index in [-0.39, 0.29) is 34.7 Å². The highest BCUT2D eigenvalue weighted by molar-refractivity contribution is 6.04. The van der Waals surface area contributed by atoms with Crippen LogP contribution in [-0.4, -0.2) is 34.0 Å². The first-order valence-electron chi connectivity index (χ1n) is 8.93. The highest BCUT2D eigenvalue weighted by atomic mass is 16.3. The molecular weight excluding hydrogens is 304 g/mol. The first kappa shape index (κ1) is 16.2. The lowest BCUT2D eigenvalue weighted by Crippen LogP contribution is -2.67. The van der Waals surface area contributed by atoms with Crippen LogP contribution in [0.25, 0.3) is 0 Å². The third kappa shape index (κ3) is 1.49. The summed E-state index contributed by atoms with van der Waals surface area (Å²) in [6.07, 6.45) is 3.65. The average molecular weight is 330 g/mol. The van der Waals surface area contributed by atoms with E-state index in [1.54, 1.807) is 6.08 Å². The van der Waals surface area contributed by atoms with Gasteiger partial charge in [0.15, 0.2) is 11.6 Å². The number of ketones is 2. The first-order valence-corrected chi connectivity index (χ1v) is 8.93. The van der Waals surface area contributed by atoms with Gasteiger partial charge < -0.3 is 10.2 Å². The second kappa shape index (κ2) is 4.47. The van der Waals surface area contributed by atoms with Crippen molar-refractivity contribution in [3.63, 3.8) is 0 Å². The number of aliphatic hydroxyl groups excluding tert-OH is 2. The zero-order chi connectivity index (χ0) is 17.7. The van der Waals surface area contributed by atoms with Gasteiger partial charge in [-0.3, -0.25) is 9.59 Å². The molecule has 0 aromatic heterocycles. The number of allylic oxidation sites excluding steroid dienone is 2. The van der Waals surface area contributed by atoms with Crippen LogP contribution in [0.15, 0.2) is 24.3 Å². The smallest absolute Gasteiger partial charge is 0.170 e. The van der Waals surface area contributed by atoms with Gasteiger partial charge >= 0.3 is 0 Å². The third-order valence-electron chi connectivity index (χ3n) is 7.96. The van der Waals surface area contributed by atoms with Crippen molar-refractivity contribution in [2.24, 2.45) is 34.0 Å². The highest BCUT2D eigenvalue weighted by Crippen LogP contribution is 2.69. The number of rotatable bonds is 0. The zero-order valence-electron chi connectivity index (χ0n) is 14.6. The van der Waals surface area contributed by atoms with E-state index >= 15 is 0 Å². The van der Waals surface area contributed by atoms with Crippen molar-refractivity contribution in [3.05, 3.63) is 24.3 Å². The molecule has 0 aliphatic heterocycles. The van der Waals surface area contributed by atoms with E-state index in [4.69, 9.17) is 0 Å². The quantitative estimate of drug-likeness (QED) is 0.667. The van der Waals surface area contributed by atoms with Gasteiger partial charge in [-0.2, -0.15) is 0 Å². The topological polar surface area (TPSA) is 74.6 Å². The van der Waals surface area contributed by atoms with Crippen LogP contribution in [-0.2, 0) is 9.59 Å². The maximum absolute atomic E-state index is 13.1. The molecule has 2 N–H and O–H groups in total. The molecule has 0 amide bonds. The van der Waals surface area contributed by atoms with Crippen LogP contribution >= 0.6 is 0 Å². The number of carbonyl (C=O) groups is 2. The lowest BCUT2D eigenvalue weighted by atomic mass is 9.41. The average Bonchev–Trinajstić information content (AvgIpc) is 2.64. The maximum Gasteiger partial charge on any atom is 0.170 e. The van der Waals surface area contributed by atoms with Gasteiger partial charge in [0, 0.05) is 11.3 Å². The summed E-state index contributed by atoms with van der Waals surface area (Å²) in [6, 6.07) is 0. The van der Waals surface area contributed by atoms with Gasteiger partial charge in [0.2, 0.25) is 0 Å². The molecule has 130 valence electrons. The fraction of sp³-hybridized carbons (Fsp3) is 0.700. The molecule has 2 bridgehead atoms. The summed E-state index contributed by atoms with van der Waals surface area (Å²) in [4.78, 5) is 25.5. The fourth-order valence-corrected chi connectivity index (χ4v) is 6.65. The van der Waals surface area contributed by atoms with E-state index in [2.05, 4.69) is 13.5 Å². The number of Topliss-reactive ketones (excluding diaryl/α,β-unsaturated/α-hetero) is 1. The molecular formula is C20H26O4. The molecule has 1 spiro atoms. The molecule has 24 heavy (non-hydrogen) atoms. The Kier molecular flexibility index (Phi) is 3.02. The molecule has 0 heterocycles. The van der Waals surface area contributed by atoms with Crippen molar-refractivity contribution in [1.29, 1.82) is 0 Å². The normalized spacial score (nSPS) is 52.2. The second-order valence-corrected chi connectivity index (χ2v) is 9.06. The SMILES string of the molecule is C=C1C(=O)C23C(O)CC4C(C)(C)C(=O)C=CC4(C)C2CCC1C3O. The van der Waals surface area contributed by atoms with Gasteiger partial charge in [-0.05, 0) is 48.2 Å². The predicted molar refractivity (Wildman–Crippen MR) is 88.9 cm³/mol. The molecule has 0 radical (unpaired) electrons. The Labute approximate surface area is 142 Å². The molecule has 4 rings (SSSR count). The van der Waals surface area contributed by atoms with E-state index < -0.39 is 23.0 Å². The van der Waals surface area contributed by atoms with Gasteiger partial charge in [0.1, 0.15) is 0 Å². The maximum atomic E-state index is 13.1. The number of hydrogen-bond donors (Lipinski definition) is 2. The van der Waals surface area contributed by atoms with Gasteiger partial charge in [-0.1, -0.05) is 33.4 Å². The summed E-state index contributed by atoms with van der Waals surface area (Å²) in [5, 5.41) is 22.0. The van der Waals surface area contributed by atoms with Crippen molar-refractivity contribution in [2.45, 2.75) is 52.2 Å². The van der Waals surface area contributed by atoms with Crippen LogP contribution in [0.2, 0.25) is 0 Å². The van der Waals surface area contributed by atoms with Gasteiger partial charge in [0.05, 0.1) is 17.6 Å². The van der Waals surface area contributed by atoms with Gasteiger partial charge in [0.25, 0.3) is 0 Å². The summed E-state index contributed by atoms with van der Waals surface area (Å²) in [5.41, 5.74) is -1.64. The lowest BCUT2D eigenvalue weighted by Gasteiger charge is -2.62. The first-order chi connectivity index (χ1) is 11.1. The standard InChI is InChI=1S/C20H26O4/c1-10-11-5-6-12-19(4)8-7-14(21)18(2,3)13(19)9-15(22)20(12,16(10)23)17(11)24/h7-8,11-13,15,17,22,24H,1,5-6,9H2,2-4H3. The summed E-state index contributed by atoms with van der Waals surface area (Å²) in [5.74, 6) is -0.521. The molecule has 3 fully saturated rings. The Morgan fingerprint density at radius 2 is 1.79 bits per heavy atom. The van der Waals surface area contributed by atoms with E-state index in [0.717, 1.165) is 12.8 Å². The van der Waals surface area contributed by atoms with E-state index in [0.29, 0.717) is 12.0 Å². The van der Waals surface area contributed by atoms with E-state index in [9.17, 15) is 19.8 Å². The molecule has 0 aromatic carbocycles. The Balaban J connectivity index is 1.93. The number of carbonyl (C=O) groups excluding carboxylic acids is 2. The molecule has 7 atom stereocenters. The van der Waals surface area contributed by atoms with Crippen LogP contribution in [0.1, 0.15) is 40.0 Å². The Hall–Kier alpha value is -1.26. The Bertz CT molecular complexity index is 690. The fourth-order valence-electron chi connectivity index (χ4n) is 6.65. The molecule has 0 saturated heterocycles. The highest BCUT2D eigenvalue weighted by Gasteiger charge is 2.73. The molecule has 0 aromatic rings. The van der Waals surface area contributed by atoms with Crippen LogP contribution in [0, 0.1) is 34.0 Å². The van der Waals surface area contributed by atoms with Gasteiger partial charge in [-0.25, -0.2) is 0 Å². The summed E-state index contributed by atoms with van der Waals surface area (Å²) in [7, 11) is 0. The van der Waals surface area contributed by atoms with Crippen LogP contribution in [0.3, 0.4) is 0 Å². The van der Waals surface area contributed by atoms with Crippen molar-refractivity contribution in [1.82, 2.24) is 0 Å². The van der Waals surface area contributed by atoms with Crippen molar-refractivity contribution in [3.8, 4) is 0 Å².